The summed E-state index contributed by atoms with van der Waals surface area (Å²) >= 11 is 0. The summed E-state index contributed by atoms with van der Waals surface area (Å²) in [5.41, 5.74) is 3.48. The van der Waals surface area contributed by atoms with Crippen molar-refractivity contribution in [2.24, 2.45) is 4.99 Å². The Morgan fingerprint density at radius 1 is 1.23 bits per heavy atom. The van der Waals surface area contributed by atoms with Gasteiger partial charge in [-0.05, 0) is 17.7 Å². The molecule has 0 fully saturated rings. The molecular weight excluding hydrogens is 336 g/mol. The summed E-state index contributed by atoms with van der Waals surface area (Å²) in [5, 5.41) is 19.8. The Kier molecular flexibility index (Phi) is 5.07. The number of benzene rings is 2. The fraction of sp³-hybridized carbons (Fsp3) is 0.158. The van der Waals surface area contributed by atoms with Crippen molar-refractivity contribution >= 4 is 23.6 Å². The number of hydrogen-bond donors (Lipinski definition) is 1. The van der Waals surface area contributed by atoms with E-state index in [4.69, 9.17) is 9.84 Å². The zero-order chi connectivity index (χ0) is 18.5. The summed E-state index contributed by atoms with van der Waals surface area (Å²) in [5.74, 6) is 0. The summed E-state index contributed by atoms with van der Waals surface area (Å²) in [6, 6.07) is 14.7. The molecule has 1 aliphatic heterocycles. The molecule has 0 aliphatic carbocycles. The van der Waals surface area contributed by atoms with E-state index < -0.39 is 17.2 Å². The average molecular weight is 352 g/mol. The second kappa shape index (κ2) is 7.60. The van der Waals surface area contributed by atoms with Crippen LogP contribution in [-0.2, 0) is 11.2 Å². The first kappa shape index (κ1) is 17.3. The van der Waals surface area contributed by atoms with Crippen molar-refractivity contribution in [3.8, 4) is 0 Å². The maximum atomic E-state index is 11.2. The molecule has 1 atom stereocenters. The SMILES string of the molecule is O=C(O)OC(Cc1ccccc1)c1cccc2c1C(=CC[N+](=O)[O-])C=N2. The van der Waals surface area contributed by atoms with Crippen LogP contribution in [0.4, 0.5) is 10.5 Å². The standard InChI is InChI=1S/C19H16N2O5/c22-19(23)26-17(11-13-5-2-1-3-6-13)15-7-4-8-16-18(15)14(12-20-16)9-10-21(24)25/h1-9,12,17H,10-11H2,(H,22,23). The summed E-state index contributed by atoms with van der Waals surface area (Å²) < 4.78 is 5.14. The first-order valence-corrected chi connectivity index (χ1v) is 7.97. The third kappa shape index (κ3) is 3.94. The summed E-state index contributed by atoms with van der Waals surface area (Å²) in [6.45, 7) is -0.335. The minimum absolute atomic E-state index is 0.335. The highest BCUT2D eigenvalue weighted by Gasteiger charge is 2.25. The molecule has 1 unspecified atom stereocenters. The zero-order valence-electron chi connectivity index (χ0n) is 13.7. The molecule has 1 aliphatic rings. The molecule has 2 aromatic carbocycles. The predicted molar refractivity (Wildman–Crippen MR) is 96.4 cm³/mol. The number of ether oxygens (including phenoxy) is 1. The molecule has 7 heteroatoms. The molecule has 132 valence electrons. The lowest BCUT2D eigenvalue weighted by molar-refractivity contribution is -0.468. The monoisotopic (exact) mass is 352 g/mol. The van der Waals surface area contributed by atoms with Gasteiger partial charge in [-0.2, -0.15) is 0 Å². The number of nitro groups is 1. The lowest BCUT2D eigenvalue weighted by Crippen LogP contribution is -2.14. The van der Waals surface area contributed by atoms with Gasteiger partial charge in [-0.1, -0.05) is 42.5 Å². The van der Waals surface area contributed by atoms with Crippen molar-refractivity contribution < 1.29 is 19.6 Å². The highest BCUT2D eigenvalue weighted by Crippen LogP contribution is 2.39. The van der Waals surface area contributed by atoms with Crippen molar-refractivity contribution in [2.45, 2.75) is 12.5 Å². The third-order valence-corrected chi connectivity index (χ3v) is 4.02. The Hall–Kier alpha value is -3.48. The number of carbonyl (C=O) groups is 1. The van der Waals surface area contributed by atoms with Crippen molar-refractivity contribution in [1.29, 1.82) is 0 Å². The lowest BCUT2D eigenvalue weighted by Gasteiger charge is -2.19. The number of nitrogens with zero attached hydrogens (tertiary/aromatic N) is 2. The topological polar surface area (TPSA) is 102 Å². The van der Waals surface area contributed by atoms with E-state index >= 15 is 0 Å². The molecule has 1 N–H and O–H groups in total. The smallest absolute Gasteiger partial charge is 0.450 e. The van der Waals surface area contributed by atoms with Crippen molar-refractivity contribution in [1.82, 2.24) is 0 Å². The molecule has 2 aromatic rings. The van der Waals surface area contributed by atoms with Crippen LogP contribution < -0.4 is 0 Å². The Morgan fingerprint density at radius 2 is 2.00 bits per heavy atom. The second-order valence-corrected chi connectivity index (χ2v) is 5.74. The largest absolute Gasteiger partial charge is 0.506 e. The van der Waals surface area contributed by atoms with Crippen LogP contribution in [0.1, 0.15) is 22.8 Å². The van der Waals surface area contributed by atoms with E-state index in [0.29, 0.717) is 28.8 Å². The van der Waals surface area contributed by atoms with Crippen LogP contribution in [0.25, 0.3) is 5.57 Å². The van der Waals surface area contributed by atoms with Gasteiger partial charge in [0.1, 0.15) is 6.10 Å². The lowest BCUT2D eigenvalue weighted by atomic mass is 9.93. The average Bonchev–Trinajstić information content (AvgIpc) is 3.03. The maximum absolute atomic E-state index is 11.2. The highest BCUT2D eigenvalue weighted by molar-refractivity contribution is 6.17. The number of allylic oxidation sites excluding steroid dienone is 1. The van der Waals surface area contributed by atoms with Crippen LogP contribution in [0.3, 0.4) is 0 Å². The molecular formula is C19H16N2O5. The summed E-state index contributed by atoms with van der Waals surface area (Å²) in [4.78, 5) is 25.7. The van der Waals surface area contributed by atoms with Crippen LogP contribution in [0.15, 0.2) is 59.6 Å². The number of hydrogen-bond acceptors (Lipinski definition) is 5. The first-order chi connectivity index (χ1) is 12.5. The Morgan fingerprint density at radius 3 is 2.69 bits per heavy atom. The molecule has 0 aromatic heterocycles. The predicted octanol–water partition coefficient (Wildman–Crippen LogP) is 4.04. The number of aliphatic imine (C=N–C) groups is 1. The number of fused-ring (bicyclic) bond motifs is 1. The first-order valence-electron chi connectivity index (χ1n) is 7.97. The van der Waals surface area contributed by atoms with E-state index in [2.05, 4.69) is 4.99 Å². The van der Waals surface area contributed by atoms with Gasteiger partial charge < -0.3 is 9.84 Å². The van der Waals surface area contributed by atoms with Gasteiger partial charge in [0.2, 0.25) is 6.54 Å². The van der Waals surface area contributed by atoms with Gasteiger partial charge in [0, 0.05) is 34.3 Å². The molecule has 0 bridgehead atoms. The normalized spacial score (nSPS) is 14.8. The van der Waals surface area contributed by atoms with Crippen LogP contribution in [0.5, 0.6) is 0 Å². The molecule has 0 spiro atoms. The highest BCUT2D eigenvalue weighted by atomic mass is 16.7. The van der Waals surface area contributed by atoms with Gasteiger partial charge in [0.05, 0.1) is 5.69 Å². The van der Waals surface area contributed by atoms with Gasteiger partial charge in [-0.3, -0.25) is 15.1 Å². The third-order valence-electron chi connectivity index (χ3n) is 4.02. The van der Waals surface area contributed by atoms with E-state index in [1.54, 1.807) is 24.4 Å². The van der Waals surface area contributed by atoms with Crippen molar-refractivity contribution in [3.05, 3.63) is 81.4 Å². The van der Waals surface area contributed by atoms with Crippen molar-refractivity contribution in [3.63, 3.8) is 0 Å². The van der Waals surface area contributed by atoms with Crippen LogP contribution in [-0.4, -0.2) is 28.9 Å². The Bertz CT molecular complexity index is 890. The van der Waals surface area contributed by atoms with Gasteiger partial charge in [0.15, 0.2) is 0 Å². The van der Waals surface area contributed by atoms with Crippen molar-refractivity contribution in [2.75, 3.05) is 6.54 Å². The molecule has 0 saturated carbocycles. The quantitative estimate of drug-likeness (QED) is 0.480. The summed E-state index contributed by atoms with van der Waals surface area (Å²) in [7, 11) is 0. The number of rotatable bonds is 6. The zero-order valence-corrected chi connectivity index (χ0v) is 13.7. The van der Waals surface area contributed by atoms with Gasteiger partial charge in [0.25, 0.3) is 0 Å². The maximum Gasteiger partial charge on any atom is 0.506 e. The fourth-order valence-electron chi connectivity index (χ4n) is 2.94. The minimum Gasteiger partial charge on any atom is -0.450 e. The molecule has 1 heterocycles. The Labute approximate surface area is 149 Å². The molecule has 0 radical (unpaired) electrons. The molecule has 0 amide bonds. The Balaban J connectivity index is 2.00. The number of carboxylic acid groups (broad SMARTS) is 1. The van der Waals surface area contributed by atoms with E-state index in [1.807, 2.05) is 30.3 Å². The van der Waals surface area contributed by atoms with E-state index in [9.17, 15) is 14.9 Å². The van der Waals surface area contributed by atoms with E-state index in [0.717, 1.165) is 5.56 Å². The van der Waals surface area contributed by atoms with Gasteiger partial charge in [-0.25, -0.2) is 4.79 Å². The second-order valence-electron chi connectivity index (χ2n) is 5.74. The summed E-state index contributed by atoms with van der Waals surface area (Å²) in [6.07, 6.45) is 1.26. The van der Waals surface area contributed by atoms with E-state index in [1.165, 1.54) is 6.08 Å². The fourth-order valence-corrected chi connectivity index (χ4v) is 2.94. The van der Waals surface area contributed by atoms with Gasteiger partial charge in [-0.15, -0.1) is 0 Å². The van der Waals surface area contributed by atoms with Crippen LogP contribution in [0.2, 0.25) is 0 Å². The molecule has 0 saturated heterocycles. The van der Waals surface area contributed by atoms with Crippen LogP contribution >= 0.6 is 0 Å². The van der Waals surface area contributed by atoms with E-state index in [-0.39, 0.29) is 6.54 Å². The minimum atomic E-state index is -1.38. The van der Waals surface area contributed by atoms with Gasteiger partial charge >= 0.3 is 6.16 Å². The molecule has 3 rings (SSSR count). The molecule has 7 nitrogen and oxygen atoms in total. The molecule has 26 heavy (non-hydrogen) atoms. The van der Waals surface area contributed by atoms with Crippen LogP contribution in [0, 0.1) is 10.1 Å².